The summed E-state index contributed by atoms with van der Waals surface area (Å²) in [7, 11) is 0. The first-order valence-electron chi connectivity index (χ1n) is 3.35. The molecule has 0 spiro atoms. The van der Waals surface area contributed by atoms with Gasteiger partial charge in [0.25, 0.3) is 0 Å². The molecule has 13 heavy (non-hydrogen) atoms. The van der Waals surface area contributed by atoms with E-state index in [0.717, 1.165) is 3.57 Å². The molecule has 0 aliphatic heterocycles. The van der Waals surface area contributed by atoms with Crippen molar-refractivity contribution in [1.82, 2.24) is 0 Å². The third-order valence-corrected chi connectivity index (χ3v) is 2.14. The molecule has 0 heterocycles. The van der Waals surface area contributed by atoms with Crippen LogP contribution >= 0.6 is 35.0 Å². The van der Waals surface area contributed by atoms with Gasteiger partial charge in [-0.2, -0.15) is 0 Å². The zero-order valence-electron chi connectivity index (χ0n) is 6.61. The molecule has 1 atom stereocenters. The Bertz CT molecular complexity index is 306. The van der Waals surface area contributed by atoms with Crippen molar-refractivity contribution in [2.75, 3.05) is 0 Å². The van der Waals surface area contributed by atoms with Crippen LogP contribution in [-0.2, 0) is 4.79 Å². The lowest BCUT2D eigenvalue weighted by atomic mass is 10.1. The van der Waals surface area contributed by atoms with Gasteiger partial charge in [-0.05, 0) is 40.3 Å². The Morgan fingerprint density at radius 3 is 2.62 bits per heavy atom. The molecule has 0 saturated carbocycles. The average molecular weight is 314 g/mol. The minimum Gasteiger partial charge on any atom is -0.480 e. The highest BCUT2D eigenvalue weighted by Crippen LogP contribution is 2.13. The van der Waals surface area contributed by atoms with E-state index < -0.39 is 12.0 Å². The fourth-order valence-electron chi connectivity index (χ4n) is 0.843. The van der Waals surface area contributed by atoms with Gasteiger partial charge in [-0.15, -0.1) is 12.4 Å². The Morgan fingerprint density at radius 2 is 2.15 bits per heavy atom. The van der Waals surface area contributed by atoms with E-state index >= 15 is 0 Å². The third-order valence-electron chi connectivity index (χ3n) is 1.47. The first-order chi connectivity index (χ1) is 5.61. The van der Waals surface area contributed by atoms with E-state index in [1.54, 1.807) is 18.2 Å². The van der Waals surface area contributed by atoms with Gasteiger partial charge in [0.15, 0.2) is 0 Å². The molecule has 1 aromatic carbocycles. The quantitative estimate of drug-likeness (QED) is 0.818. The van der Waals surface area contributed by atoms with E-state index in [0.29, 0.717) is 5.56 Å². The topological polar surface area (TPSA) is 63.3 Å². The van der Waals surface area contributed by atoms with Crippen molar-refractivity contribution in [3.63, 3.8) is 0 Å². The number of carboxylic acid groups (broad SMARTS) is 1. The monoisotopic (exact) mass is 313 g/mol. The lowest BCUT2D eigenvalue weighted by molar-refractivity contribution is -0.138. The summed E-state index contributed by atoms with van der Waals surface area (Å²) in [5.74, 6) is -1.00. The summed E-state index contributed by atoms with van der Waals surface area (Å²) < 4.78 is 0.988. The van der Waals surface area contributed by atoms with Gasteiger partial charge >= 0.3 is 5.97 Å². The second kappa shape index (κ2) is 5.41. The first-order valence-corrected chi connectivity index (χ1v) is 4.43. The lowest BCUT2D eigenvalue weighted by Gasteiger charge is -2.05. The highest BCUT2D eigenvalue weighted by molar-refractivity contribution is 14.1. The number of carbonyl (C=O) groups is 1. The van der Waals surface area contributed by atoms with Crippen molar-refractivity contribution >= 4 is 41.0 Å². The van der Waals surface area contributed by atoms with E-state index in [9.17, 15) is 4.79 Å². The lowest BCUT2D eigenvalue weighted by Crippen LogP contribution is -2.20. The van der Waals surface area contributed by atoms with Gasteiger partial charge in [-0.1, -0.05) is 12.1 Å². The van der Waals surface area contributed by atoms with Crippen LogP contribution in [0.1, 0.15) is 11.6 Å². The molecule has 0 aliphatic carbocycles. The van der Waals surface area contributed by atoms with Crippen LogP contribution in [0, 0.1) is 3.57 Å². The summed E-state index contributed by atoms with van der Waals surface area (Å²) in [5.41, 5.74) is 6.04. The van der Waals surface area contributed by atoms with E-state index in [-0.39, 0.29) is 12.4 Å². The zero-order chi connectivity index (χ0) is 9.14. The van der Waals surface area contributed by atoms with Gasteiger partial charge in [-0.3, -0.25) is 4.79 Å². The van der Waals surface area contributed by atoms with Gasteiger partial charge in [0.05, 0.1) is 0 Å². The molecule has 3 N–H and O–H groups in total. The number of benzene rings is 1. The van der Waals surface area contributed by atoms with Gasteiger partial charge in [0.2, 0.25) is 0 Å². The van der Waals surface area contributed by atoms with Crippen LogP contribution in [0.5, 0.6) is 0 Å². The predicted molar refractivity (Wildman–Crippen MR) is 61.0 cm³/mol. The first kappa shape index (κ1) is 12.7. The van der Waals surface area contributed by atoms with Crippen molar-refractivity contribution in [3.05, 3.63) is 33.4 Å². The molecule has 0 fully saturated rings. The largest absolute Gasteiger partial charge is 0.480 e. The van der Waals surface area contributed by atoms with E-state index in [4.69, 9.17) is 10.8 Å². The van der Waals surface area contributed by atoms with Crippen LogP contribution in [0.4, 0.5) is 0 Å². The molecule has 0 saturated heterocycles. The molecule has 1 aromatic rings. The Kier molecular flexibility index (Phi) is 5.27. The molecular formula is C8H9ClINO2. The van der Waals surface area contributed by atoms with Gasteiger partial charge in [0.1, 0.15) is 6.04 Å². The summed E-state index contributed by atoms with van der Waals surface area (Å²) >= 11 is 2.11. The summed E-state index contributed by atoms with van der Waals surface area (Å²) in [6.45, 7) is 0. The maximum atomic E-state index is 10.5. The standard InChI is InChI=1S/C8H8INO2.ClH/c9-6-3-1-2-5(4-6)7(10)8(11)12;/h1-4,7H,10H2,(H,11,12);1H. The number of aliphatic carboxylic acids is 1. The molecule has 72 valence electrons. The fraction of sp³-hybridized carbons (Fsp3) is 0.125. The van der Waals surface area contributed by atoms with Crippen molar-refractivity contribution < 1.29 is 9.90 Å². The summed E-state index contributed by atoms with van der Waals surface area (Å²) in [6.07, 6.45) is 0. The van der Waals surface area contributed by atoms with Gasteiger partial charge in [0, 0.05) is 3.57 Å². The molecule has 5 heteroatoms. The Labute approximate surface area is 95.9 Å². The van der Waals surface area contributed by atoms with Crippen molar-refractivity contribution in [3.8, 4) is 0 Å². The maximum absolute atomic E-state index is 10.5. The number of nitrogens with two attached hydrogens (primary N) is 1. The second-order valence-corrected chi connectivity index (χ2v) is 3.62. The summed E-state index contributed by atoms with van der Waals surface area (Å²) in [6, 6.07) is 6.23. The molecule has 0 aromatic heterocycles. The average Bonchev–Trinajstić information content (AvgIpc) is 2.03. The smallest absolute Gasteiger partial charge is 0.325 e. The number of halogens is 2. The van der Waals surface area contributed by atoms with Crippen LogP contribution in [0.15, 0.2) is 24.3 Å². The molecule has 1 unspecified atom stereocenters. The Hall–Kier alpha value is -0.330. The molecule has 0 amide bonds. The van der Waals surface area contributed by atoms with Crippen LogP contribution < -0.4 is 5.73 Å². The maximum Gasteiger partial charge on any atom is 0.325 e. The number of hydrogen-bond acceptors (Lipinski definition) is 2. The molecule has 1 rings (SSSR count). The highest BCUT2D eigenvalue weighted by Gasteiger charge is 2.13. The minimum absolute atomic E-state index is 0. The van der Waals surface area contributed by atoms with E-state index in [1.165, 1.54) is 0 Å². The third kappa shape index (κ3) is 3.50. The molecule has 0 radical (unpaired) electrons. The second-order valence-electron chi connectivity index (χ2n) is 2.37. The summed E-state index contributed by atoms with van der Waals surface area (Å²) in [5, 5.41) is 8.60. The highest BCUT2D eigenvalue weighted by atomic mass is 127. The molecule has 0 bridgehead atoms. The van der Waals surface area contributed by atoms with Crippen LogP contribution in [0.3, 0.4) is 0 Å². The number of carboxylic acids is 1. The normalized spacial score (nSPS) is 11.5. The van der Waals surface area contributed by atoms with Crippen LogP contribution in [-0.4, -0.2) is 11.1 Å². The molecular weight excluding hydrogens is 304 g/mol. The van der Waals surface area contributed by atoms with Gasteiger partial charge in [-0.25, -0.2) is 0 Å². The van der Waals surface area contributed by atoms with Crippen molar-refractivity contribution in [2.45, 2.75) is 6.04 Å². The number of hydrogen-bond donors (Lipinski definition) is 2. The summed E-state index contributed by atoms with van der Waals surface area (Å²) in [4.78, 5) is 10.5. The van der Waals surface area contributed by atoms with Crippen LogP contribution in [0.25, 0.3) is 0 Å². The SMILES string of the molecule is Cl.NC(C(=O)O)c1cccc(I)c1. The Balaban J connectivity index is 0.00000144. The van der Waals surface area contributed by atoms with E-state index in [1.807, 2.05) is 6.07 Å². The van der Waals surface area contributed by atoms with Gasteiger partial charge < -0.3 is 10.8 Å². The zero-order valence-corrected chi connectivity index (χ0v) is 9.58. The predicted octanol–water partition coefficient (Wildman–Crippen LogP) is 1.80. The number of rotatable bonds is 2. The molecule has 3 nitrogen and oxygen atoms in total. The fourth-order valence-corrected chi connectivity index (χ4v) is 1.41. The van der Waals surface area contributed by atoms with Crippen molar-refractivity contribution in [1.29, 1.82) is 0 Å². The van der Waals surface area contributed by atoms with Crippen LogP contribution in [0.2, 0.25) is 0 Å². The minimum atomic E-state index is -1.00. The van der Waals surface area contributed by atoms with E-state index in [2.05, 4.69) is 22.6 Å². The Morgan fingerprint density at radius 1 is 1.54 bits per heavy atom. The van der Waals surface area contributed by atoms with Crippen molar-refractivity contribution in [2.24, 2.45) is 5.73 Å². The molecule has 0 aliphatic rings.